The molecule has 1 N–H and O–H groups in total. The van der Waals surface area contributed by atoms with Gasteiger partial charge in [0, 0.05) is 13.6 Å². The molecule has 0 aliphatic heterocycles. The van der Waals surface area contributed by atoms with Gasteiger partial charge in [0.2, 0.25) is 0 Å². The molecule has 0 radical (unpaired) electrons. The number of anilines is 1. The molecule has 0 aromatic carbocycles. The second-order valence-electron chi connectivity index (χ2n) is 3.62. The first-order valence-electron chi connectivity index (χ1n) is 5.16. The number of nitrogens with zero attached hydrogens (tertiary/aromatic N) is 2. The van der Waals surface area contributed by atoms with E-state index in [1.54, 1.807) is 0 Å². The number of hydrogen-bond acceptors (Lipinski definition) is 3. The third kappa shape index (κ3) is 3.38. The summed E-state index contributed by atoms with van der Waals surface area (Å²) in [5.41, 5.74) is 0.165. The molecule has 0 spiro atoms. The van der Waals surface area contributed by atoms with Gasteiger partial charge in [-0.05, 0) is 18.6 Å². The molecule has 0 aliphatic carbocycles. The van der Waals surface area contributed by atoms with E-state index in [4.69, 9.17) is 16.7 Å². The van der Waals surface area contributed by atoms with Crippen LogP contribution in [-0.4, -0.2) is 29.7 Å². The van der Waals surface area contributed by atoms with Gasteiger partial charge in [-0.1, -0.05) is 24.9 Å². The van der Waals surface area contributed by atoms with Gasteiger partial charge in [0.15, 0.2) is 0 Å². The fraction of sp³-hybridized carbons (Fsp3) is 0.455. The van der Waals surface area contributed by atoms with Crippen LogP contribution in [0.5, 0.6) is 0 Å². The van der Waals surface area contributed by atoms with Crippen LogP contribution in [0.15, 0.2) is 12.1 Å². The summed E-state index contributed by atoms with van der Waals surface area (Å²) in [5.74, 6) is -0.396. The largest absolute Gasteiger partial charge is 0.478 e. The molecule has 88 valence electrons. The van der Waals surface area contributed by atoms with E-state index in [0.717, 1.165) is 19.4 Å². The van der Waals surface area contributed by atoms with E-state index in [1.165, 1.54) is 12.1 Å². The fourth-order valence-electron chi connectivity index (χ4n) is 1.31. The molecule has 0 amide bonds. The Kier molecular flexibility index (Phi) is 4.55. The summed E-state index contributed by atoms with van der Waals surface area (Å²) in [6.07, 6.45) is 2.11. The number of rotatable bonds is 5. The van der Waals surface area contributed by atoms with Crippen LogP contribution in [0.25, 0.3) is 0 Å². The molecule has 0 aliphatic rings. The van der Waals surface area contributed by atoms with E-state index >= 15 is 0 Å². The number of pyridine rings is 1. The van der Waals surface area contributed by atoms with Gasteiger partial charge in [0.25, 0.3) is 0 Å². The van der Waals surface area contributed by atoms with Gasteiger partial charge in [0.05, 0.1) is 5.56 Å². The maximum atomic E-state index is 10.8. The van der Waals surface area contributed by atoms with Crippen molar-refractivity contribution >= 4 is 23.4 Å². The number of hydrogen-bond donors (Lipinski definition) is 1. The number of carbonyl (C=O) groups is 1. The second-order valence-corrected chi connectivity index (χ2v) is 4.00. The van der Waals surface area contributed by atoms with Gasteiger partial charge in [-0.25, -0.2) is 9.78 Å². The highest BCUT2D eigenvalue weighted by Gasteiger charge is 2.10. The number of unbranched alkanes of at least 4 members (excludes halogenated alkanes) is 1. The van der Waals surface area contributed by atoms with Crippen molar-refractivity contribution in [2.24, 2.45) is 0 Å². The highest BCUT2D eigenvalue weighted by molar-refractivity contribution is 6.29. The predicted octanol–water partition coefficient (Wildman–Crippen LogP) is 2.67. The van der Waals surface area contributed by atoms with Crippen LogP contribution in [0.2, 0.25) is 5.15 Å². The van der Waals surface area contributed by atoms with E-state index < -0.39 is 5.97 Å². The van der Waals surface area contributed by atoms with Crippen LogP contribution in [0.3, 0.4) is 0 Å². The minimum Gasteiger partial charge on any atom is -0.478 e. The van der Waals surface area contributed by atoms with Gasteiger partial charge in [-0.2, -0.15) is 0 Å². The van der Waals surface area contributed by atoms with Crippen LogP contribution in [0.4, 0.5) is 5.82 Å². The van der Waals surface area contributed by atoms with Gasteiger partial charge in [-0.15, -0.1) is 0 Å². The SMILES string of the molecule is CCCCN(C)c1cc(C(=O)O)cc(Cl)n1. The first-order chi connectivity index (χ1) is 7.54. The van der Waals surface area contributed by atoms with Gasteiger partial charge >= 0.3 is 5.97 Å². The van der Waals surface area contributed by atoms with Crippen LogP contribution < -0.4 is 4.90 Å². The molecule has 4 nitrogen and oxygen atoms in total. The Labute approximate surface area is 99.9 Å². The predicted molar refractivity (Wildman–Crippen MR) is 64.4 cm³/mol. The maximum absolute atomic E-state index is 10.8. The zero-order chi connectivity index (χ0) is 12.1. The summed E-state index contributed by atoms with van der Waals surface area (Å²) < 4.78 is 0. The average Bonchev–Trinajstić information content (AvgIpc) is 2.24. The van der Waals surface area contributed by atoms with E-state index in [0.29, 0.717) is 5.82 Å². The first kappa shape index (κ1) is 12.8. The first-order valence-corrected chi connectivity index (χ1v) is 5.54. The van der Waals surface area contributed by atoms with Crippen molar-refractivity contribution in [2.75, 3.05) is 18.5 Å². The number of aromatic nitrogens is 1. The second kappa shape index (κ2) is 5.70. The highest BCUT2D eigenvalue weighted by atomic mass is 35.5. The molecule has 1 aromatic heterocycles. The van der Waals surface area contributed by atoms with Crippen molar-refractivity contribution in [3.05, 3.63) is 22.8 Å². The van der Waals surface area contributed by atoms with Gasteiger partial charge in [0.1, 0.15) is 11.0 Å². The Morgan fingerprint density at radius 3 is 2.81 bits per heavy atom. The summed E-state index contributed by atoms with van der Waals surface area (Å²) >= 11 is 5.77. The minimum atomic E-state index is -0.991. The van der Waals surface area contributed by atoms with Crippen molar-refractivity contribution in [1.29, 1.82) is 0 Å². The number of carboxylic acid groups (broad SMARTS) is 1. The van der Waals surface area contributed by atoms with E-state index in [-0.39, 0.29) is 10.7 Å². The fourth-order valence-corrected chi connectivity index (χ4v) is 1.52. The molecule has 1 rings (SSSR count). The van der Waals surface area contributed by atoms with Crippen LogP contribution in [0.1, 0.15) is 30.1 Å². The number of aromatic carboxylic acids is 1. The number of carboxylic acids is 1. The third-order valence-corrected chi connectivity index (χ3v) is 2.46. The molecule has 0 atom stereocenters. The molecule has 16 heavy (non-hydrogen) atoms. The zero-order valence-corrected chi connectivity index (χ0v) is 10.2. The lowest BCUT2D eigenvalue weighted by molar-refractivity contribution is 0.0697. The maximum Gasteiger partial charge on any atom is 0.335 e. The van der Waals surface area contributed by atoms with Crippen molar-refractivity contribution in [3.63, 3.8) is 0 Å². The number of halogens is 1. The molecule has 0 saturated heterocycles. The standard InChI is InChI=1S/C11H15ClN2O2/c1-3-4-5-14(2)10-7-8(11(15)16)6-9(12)13-10/h6-7H,3-5H2,1-2H3,(H,15,16). The smallest absolute Gasteiger partial charge is 0.335 e. The third-order valence-electron chi connectivity index (χ3n) is 2.27. The van der Waals surface area contributed by atoms with E-state index in [1.807, 2.05) is 11.9 Å². The molecule has 0 bridgehead atoms. The molecule has 0 fully saturated rings. The Morgan fingerprint density at radius 2 is 2.25 bits per heavy atom. The van der Waals surface area contributed by atoms with E-state index in [2.05, 4.69) is 11.9 Å². The van der Waals surface area contributed by atoms with Crippen LogP contribution in [0, 0.1) is 0 Å². The lowest BCUT2D eigenvalue weighted by Crippen LogP contribution is -2.20. The molecular weight excluding hydrogens is 228 g/mol. The summed E-state index contributed by atoms with van der Waals surface area (Å²) in [5, 5.41) is 9.09. The summed E-state index contributed by atoms with van der Waals surface area (Å²) in [7, 11) is 1.87. The normalized spacial score (nSPS) is 10.2. The summed E-state index contributed by atoms with van der Waals surface area (Å²) in [6.45, 7) is 2.94. The molecule has 0 saturated carbocycles. The quantitative estimate of drug-likeness (QED) is 0.807. The topological polar surface area (TPSA) is 53.4 Å². The Morgan fingerprint density at radius 1 is 1.56 bits per heavy atom. The van der Waals surface area contributed by atoms with Crippen molar-refractivity contribution in [2.45, 2.75) is 19.8 Å². The van der Waals surface area contributed by atoms with Crippen LogP contribution in [-0.2, 0) is 0 Å². The van der Waals surface area contributed by atoms with Gasteiger partial charge < -0.3 is 10.0 Å². The van der Waals surface area contributed by atoms with Gasteiger partial charge in [-0.3, -0.25) is 0 Å². The van der Waals surface area contributed by atoms with Crippen molar-refractivity contribution in [3.8, 4) is 0 Å². The van der Waals surface area contributed by atoms with Crippen molar-refractivity contribution < 1.29 is 9.90 Å². The minimum absolute atomic E-state index is 0.165. The monoisotopic (exact) mass is 242 g/mol. The lowest BCUT2D eigenvalue weighted by Gasteiger charge is -2.18. The molecule has 0 unspecified atom stereocenters. The Hall–Kier alpha value is -1.29. The zero-order valence-electron chi connectivity index (χ0n) is 9.40. The summed E-state index contributed by atoms with van der Waals surface area (Å²) in [4.78, 5) is 16.8. The lowest BCUT2D eigenvalue weighted by atomic mass is 10.2. The van der Waals surface area contributed by atoms with E-state index in [9.17, 15) is 4.79 Å². The van der Waals surface area contributed by atoms with Crippen molar-refractivity contribution in [1.82, 2.24) is 4.98 Å². The molecule has 1 heterocycles. The molecule has 1 aromatic rings. The van der Waals surface area contributed by atoms with Crippen LogP contribution >= 0.6 is 11.6 Å². The Bertz CT molecular complexity index is 382. The average molecular weight is 243 g/mol. The molecular formula is C11H15ClN2O2. The molecule has 5 heteroatoms. The summed E-state index contributed by atoms with van der Waals surface area (Å²) in [6, 6.07) is 2.88. The Balaban J connectivity index is 2.91. The highest BCUT2D eigenvalue weighted by Crippen LogP contribution is 2.17.